The Morgan fingerprint density at radius 3 is 2.46 bits per heavy atom. The summed E-state index contributed by atoms with van der Waals surface area (Å²) >= 11 is 0. The lowest BCUT2D eigenvalue weighted by Gasteiger charge is -2.25. The molecule has 9 heteroatoms. The summed E-state index contributed by atoms with van der Waals surface area (Å²) in [5.41, 5.74) is -3.33. The molecule has 0 fully saturated rings. The predicted octanol–water partition coefficient (Wildman–Crippen LogP) is -0.694. The van der Waals surface area contributed by atoms with Gasteiger partial charge < -0.3 is 19.4 Å². The highest BCUT2D eigenvalue weighted by Gasteiger charge is 2.47. The molecule has 1 unspecified atom stereocenters. The third-order valence-electron chi connectivity index (χ3n) is 3.81. The Kier molecular flexibility index (Phi) is 2.79. The van der Waals surface area contributed by atoms with E-state index in [9.17, 15) is 24.3 Å². The molecule has 24 heavy (non-hydrogen) atoms. The van der Waals surface area contributed by atoms with Crippen LogP contribution in [0.4, 0.5) is 0 Å². The van der Waals surface area contributed by atoms with E-state index >= 15 is 0 Å². The quantitative estimate of drug-likeness (QED) is 0.629. The topological polar surface area (TPSA) is 121 Å². The van der Waals surface area contributed by atoms with Crippen LogP contribution in [0.15, 0.2) is 29.1 Å². The van der Waals surface area contributed by atoms with Crippen molar-refractivity contribution in [3.8, 4) is 11.5 Å². The highest BCUT2D eigenvalue weighted by molar-refractivity contribution is 5.97. The molecule has 0 spiro atoms. The van der Waals surface area contributed by atoms with E-state index in [4.69, 9.17) is 14.3 Å². The lowest BCUT2D eigenvalue weighted by atomic mass is 9.95. The van der Waals surface area contributed by atoms with Crippen molar-refractivity contribution >= 4 is 28.8 Å². The molecule has 1 aromatic carbocycles. The number of hydrogen-bond donors (Lipinski definition) is 1. The molecule has 0 radical (unpaired) electrons. The molecule has 2 aliphatic rings. The standard InChI is InChI=1S/C15H9NO8/c17-9-5-15(21)6-10(18)24-16-8-4-2-1-3-7(8)11(22-9)12(13(16)19)23-14(15)20/h1-4,21H,5-6H2. The Bertz CT molecular complexity index is 991. The maximum Gasteiger partial charge on any atom is 0.345 e. The largest absolute Gasteiger partial charge is 0.421 e. The minimum absolute atomic E-state index is 0.144. The van der Waals surface area contributed by atoms with Crippen molar-refractivity contribution in [2.45, 2.75) is 18.4 Å². The Labute approximate surface area is 132 Å². The van der Waals surface area contributed by atoms with E-state index in [0.29, 0.717) is 4.73 Å². The normalized spacial score (nSPS) is 22.8. The summed E-state index contributed by atoms with van der Waals surface area (Å²) in [5, 5.41) is 10.6. The van der Waals surface area contributed by atoms with Crippen molar-refractivity contribution in [2.24, 2.45) is 0 Å². The number of para-hydroxylation sites is 1. The molecule has 0 amide bonds. The number of benzene rings is 1. The molecular formula is C15H9NO8. The molecule has 1 aromatic heterocycles. The smallest absolute Gasteiger partial charge is 0.345 e. The predicted molar refractivity (Wildman–Crippen MR) is 75.2 cm³/mol. The van der Waals surface area contributed by atoms with Crippen molar-refractivity contribution in [3.63, 3.8) is 0 Å². The zero-order chi connectivity index (χ0) is 17.1. The van der Waals surface area contributed by atoms with Gasteiger partial charge in [0, 0.05) is 5.39 Å². The van der Waals surface area contributed by atoms with E-state index in [1.54, 1.807) is 12.1 Å². The summed E-state index contributed by atoms with van der Waals surface area (Å²) in [6, 6.07) is 6.16. The maximum absolute atomic E-state index is 12.5. The van der Waals surface area contributed by atoms with Crippen LogP contribution in [0.25, 0.3) is 10.9 Å². The van der Waals surface area contributed by atoms with Crippen LogP contribution in [0.2, 0.25) is 0 Å². The van der Waals surface area contributed by atoms with Gasteiger partial charge in [0.1, 0.15) is 0 Å². The number of esters is 2. The molecule has 3 bridgehead atoms. The third-order valence-corrected chi connectivity index (χ3v) is 3.81. The number of nitrogens with zero attached hydrogens (tertiary/aromatic N) is 1. The van der Waals surface area contributed by atoms with Gasteiger partial charge >= 0.3 is 23.5 Å². The SMILES string of the molecule is O=C1CC2(O)CC(=O)On3c(=O)c(c(c4ccccc43)O1)OC2=O. The summed E-state index contributed by atoms with van der Waals surface area (Å²) in [6.07, 6.45) is -1.68. The maximum atomic E-state index is 12.5. The van der Waals surface area contributed by atoms with Gasteiger partial charge in [0.15, 0.2) is 11.4 Å². The number of hydrogen-bond acceptors (Lipinski definition) is 8. The zero-order valence-electron chi connectivity index (χ0n) is 12.0. The summed E-state index contributed by atoms with van der Waals surface area (Å²) in [6.45, 7) is 0. The fourth-order valence-electron chi connectivity index (χ4n) is 2.70. The fourth-order valence-corrected chi connectivity index (χ4v) is 2.70. The lowest BCUT2D eigenvalue weighted by Crippen LogP contribution is -2.47. The number of fused-ring (bicyclic) bond motifs is 6. The van der Waals surface area contributed by atoms with Gasteiger partial charge in [-0.3, -0.25) is 9.59 Å². The Balaban J connectivity index is 2.17. The summed E-state index contributed by atoms with van der Waals surface area (Å²) in [7, 11) is 0. The first-order valence-electron chi connectivity index (χ1n) is 6.93. The van der Waals surface area contributed by atoms with Crippen LogP contribution in [0.3, 0.4) is 0 Å². The molecule has 122 valence electrons. The molecule has 3 heterocycles. The average Bonchev–Trinajstić information content (AvgIpc) is 2.54. The van der Waals surface area contributed by atoms with Crippen LogP contribution < -0.4 is 19.9 Å². The van der Waals surface area contributed by atoms with Gasteiger partial charge in [-0.05, 0) is 12.1 Å². The van der Waals surface area contributed by atoms with Crippen molar-refractivity contribution in [1.29, 1.82) is 0 Å². The third kappa shape index (κ3) is 1.91. The Hall–Kier alpha value is -3.20. The van der Waals surface area contributed by atoms with E-state index in [-0.39, 0.29) is 16.7 Å². The summed E-state index contributed by atoms with van der Waals surface area (Å²) in [4.78, 5) is 53.8. The van der Waals surface area contributed by atoms with Crippen LogP contribution >= 0.6 is 0 Å². The zero-order valence-corrected chi connectivity index (χ0v) is 12.0. The highest BCUT2D eigenvalue weighted by Crippen LogP contribution is 2.36. The fraction of sp³-hybridized carbons (Fsp3) is 0.200. The Morgan fingerprint density at radius 2 is 1.67 bits per heavy atom. The number of aliphatic hydroxyl groups is 1. The first kappa shape index (κ1) is 14.4. The number of carbonyl (C=O) groups is 3. The van der Waals surface area contributed by atoms with Crippen LogP contribution in [-0.2, 0) is 14.4 Å². The van der Waals surface area contributed by atoms with E-state index < -0.39 is 47.7 Å². The lowest BCUT2D eigenvalue weighted by molar-refractivity contribution is -0.169. The minimum atomic E-state index is -2.47. The summed E-state index contributed by atoms with van der Waals surface area (Å²) < 4.78 is 10.8. The van der Waals surface area contributed by atoms with Crippen LogP contribution in [0, 0.1) is 0 Å². The number of aromatic nitrogens is 1. The number of pyridine rings is 1. The molecule has 0 aliphatic carbocycles. The van der Waals surface area contributed by atoms with Crippen molar-refractivity contribution in [1.82, 2.24) is 4.73 Å². The van der Waals surface area contributed by atoms with Gasteiger partial charge in [-0.15, -0.1) is 4.73 Å². The monoisotopic (exact) mass is 331 g/mol. The van der Waals surface area contributed by atoms with Crippen LogP contribution in [-0.4, -0.2) is 33.3 Å². The molecule has 2 aromatic rings. The summed E-state index contributed by atoms with van der Waals surface area (Å²) in [5.74, 6) is -4.23. The first-order chi connectivity index (χ1) is 11.4. The molecule has 2 aliphatic heterocycles. The van der Waals surface area contributed by atoms with Crippen molar-refractivity contribution < 1.29 is 33.8 Å². The number of ether oxygens (including phenoxy) is 2. The van der Waals surface area contributed by atoms with Gasteiger partial charge in [0.05, 0.1) is 18.4 Å². The van der Waals surface area contributed by atoms with E-state index in [1.807, 2.05) is 0 Å². The first-order valence-corrected chi connectivity index (χ1v) is 6.93. The second-order valence-corrected chi connectivity index (χ2v) is 5.49. The molecule has 0 saturated carbocycles. The van der Waals surface area contributed by atoms with Crippen LogP contribution in [0.5, 0.6) is 11.5 Å². The van der Waals surface area contributed by atoms with Gasteiger partial charge in [-0.25, -0.2) is 9.59 Å². The molecule has 1 atom stereocenters. The van der Waals surface area contributed by atoms with Gasteiger partial charge in [-0.1, -0.05) is 12.1 Å². The van der Waals surface area contributed by atoms with E-state index in [0.717, 1.165) is 0 Å². The van der Waals surface area contributed by atoms with E-state index in [2.05, 4.69) is 0 Å². The number of carbonyl (C=O) groups excluding carboxylic acids is 3. The average molecular weight is 331 g/mol. The number of rotatable bonds is 0. The highest BCUT2D eigenvalue weighted by atomic mass is 16.7. The van der Waals surface area contributed by atoms with Crippen molar-refractivity contribution in [3.05, 3.63) is 34.6 Å². The second-order valence-electron chi connectivity index (χ2n) is 5.49. The van der Waals surface area contributed by atoms with Gasteiger partial charge in [-0.2, -0.15) is 0 Å². The molecule has 4 rings (SSSR count). The molecule has 1 N–H and O–H groups in total. The molecule has 9 nitrogen and oxygen atoms in total. The van der Waals surface area contributed by atoms with Crippen LogP contribution in [0.1, 0.15) is 12.8 Å². The minimum Gasteiger partial charge on any atom is -0.421 e. The van der Waals surface area contributed by atoms with Gasteiger partial charge in [0.25, 0.3) is 0 Å². The molecule has 0 saturated heterocycles. The van der Waals surface area contributed by atoms with E-state index in [1.165, 1.54) is 12.1 Å². The van der Waals surface area contributed by atoms with Crippen molar-refractivity contribution in [2.75, 3.05) is 0 Å². The second kappa shape index (κ2) is 4.65. The Morgan fingerprint density at radius 1 is 0.958 bits per heavy atom. The molecular weight excluding hydrogens is 322 g/mol. The van der Waals surface area contributed by atoms with Gasteiger partial charge in [0.2, 0.25) is 5.75 Å².